The van der Waals surface area contributed by atoms with E-state index in [9.17, 15) is 9.59 Å². The Labute approximate surface area is 164 Å². The predicted octanol–water partition coefficient (Wildman–Crippen LogP) is 3.70. The van der Waals surface area contributed by atoms with Crippen molar-refractivity contribution in [2.45, 2.75) is 31.1 Å². The number of anilines is 1. The van der Waals surface area contributed by atoms with Crippen molar-refractivity contribution in [1.29, 1.82) is 0 Å². The number of benzene rings is 2. The number of rotatable bonds is 7. The van der Waals surface area contributed by atoms with Gasteiger partial charge in [0.15, 0.2) is 18.1 Å². The first-order chi connectivity index (χ1) is 13.6. The van der Waals surface area contributed by atoms with Crippen LogP contribution < -0.4 is 14.8 Å². The average Bonchev–Trinajstić information content (AvgIpc) is 3.24. The fourth-order valence-electron chi connectivity index (χ4n) is 3.73. The predicted molar refractivity (Wildman–Crippen MR) is 106 cm³/mol. The second kappa shape index (κ2) is 8.78. The zero-order valence-electron chi connectivity index (χ0n) is 16.2. The Morgan fingerprint density at radius 2 is 1.64 bits per heavy atom. The third-order valence-electron chi connectivity index (χ3n) is 5.18. The minimum Gasteiger partial charge on any atom is -0.493 e. The molecule has 0 bridgehead atoms. The summed E-state index contributed by atoms with van der Waals surface area (Å²) in [5, 5.41) is 2.71. The summed E-state index contributed by atoms with van der Waals surface area (Å²) in [4.78, 5) is 25.1. The molecule has 0 aliphatic heterocycles. The third kappa shape index (κ3) is 4.11. The first-order valence-corrected chi connectivity index (χ1v) is 9.34. The van der Waals surface area contributed by atoms with Gasteiger partial charge in [-0.3, -0.25) is 9.59 Å². The Balaban J connectivity index is 1.63. The Bertz CT molecular complexity index is 828. The summed E-state index contributed by atoms with van der Waals surface area (Å²) in [6.45, 7) is -0.332. The molecular formula is C22H25NO5. The highest BCUT2D eigenvalue weighted by atomic mass is 16.5. The van der Waals surface area contributed by atoms with E-state index in [2.05, 4.69) is 5.32 Å². The summed E-state index contributed by atoms with van der Waals surface area (Å²) in [5.41, 5.74) is 0.848. The molecule has 0 spiro atoms. The van der Waals surface area contributed by atoms with Crippen molar-refractivity contribution in [1.82, 2.24) is 0 Å². The van der Waals surface area contributed by atoms with Crippen molar-refractivity contribution in [3.63, 3.8) is 0 Å². The average molecular weight is 383 g/mol. The molecule has 1 saturated carbocycles. The monoisotopic (exact) mass is 383 g/mol. The second-order valence-corrected chi connectivity index (χ2v) is 6.85. The zero-order valence-corrected chi connectivity index (χ0v) is 16.2. The van der Waals surface area contributed by atoms with E-state index in [1.165, 1.54) is 7.11 Å². The SMILES string of the molecule is COc1ccc(NC(=O)COC(=O)C2(c3ccccc3)CCCC2)cc1OC. The van der Waals surface area contributed by atoms with Gasteiger partial charge in [-0.25, -0.2) is 0 Å². The summed E-state index contributed by atoms with van der Waals surface area (Å²) in [5.74, 6) is 0.338. The quantitative estimate of drug-likeness (QED) is 0.738. The van der Waals surface area contributed by atoms with E-state index in [4.69, 9.17) is 14.2 Å². The van der Waals surface area contributed by atoms with E-state index in [1.54, 1.807) is 25.3 Å². The number of nitrogens with one attached hydrogen (secondary N) is 1. The number of ether oxygens (including phenoxy) is 3. The standard InChI is InChI=1S/C22H25NO5/c1-26-18-11-10-17(14-19(18)27-2)23-20(24)15-28-21(25)22(12-6-7-13-22)16-8-4-3-5-9-16/h3-5,8-11,14H,6-7,12-13,15H2,1-2H3,(H,23,24). The molecule has 1 fully saturated rings. The van der Waals surface area contributed by atoms with Gasteiger partial charge in [-0.05, 0) is 30.5 Å². The summed E-state index contributed by atoms with van der Waals surface area (Å²) in [6.07, 6.45) is 3.43. The van der Waals surface area contributed by atoms with Crippen molar-refractivity contribution in [2.24, 2.45) is 0 Å². The van der Waals surface area contributed by atoms with Crippen LogP contribution in [-0.4, -0.2) is 32.7 Å². The molecule has 1 aliphatic rings. The maximum atomic E-state index is 12.9. The molecular weight excluding hydrogens is 358 g/mol. The topological polar surface area (TPSA) is 73.9 Å². The maximum Gasteiger partial charge on any atom is 0.317 e. The van der Waals surface area contributed by atoms with Crippen LogP contribution in [0.2, 0.25) is 0 Å². The molecule has 0 unspecified atom stereocenters. The van der Waals surface area contributed by atoms with Crippen LogP contribution in [0.1, 0.15) is 31.2 Å². The molecule has 1 aliphatic carbocycles. The van der Waals surface area contributed by atoms with E-state index in [0.29, 0.717) is 17.2 Å². The number of esters is 1. The van der Waals surface area contributed by atoms with E-state index >= 15 is 0 Å². The largest absolute Gasteiger partial charge is 0.493 e. The summed E-state index contributed by atoms with van der Waals surface area (Å²) in [7, 11) is 3.07. The van der Waals surface area contributed by atoms with Crippen LogP contribution in [0.15, 0.2) is 48.5 Å². The molecule has 6 heteroatoms. The molecule has 0 atom stereocenters. The van der Waals surface area contributed by atoms with Gasteiger partial charge in [-0.1, -0.05) is 43.2 Å². The molecule has 1 amide bonds. The molecule has 2 aromatic carbocycles. The van der Waals surface area contributed by atoms with Crippen LogP contribution in [0.4, 0.5) is 5.69 Å². The fourth-order valence-corrected chi connectivity index (χ4v) is 3.73. The van der Waals surface area contributed by atoms with Crippen LogP contribution in [0.5, 0.6) is 11.5 Å². The number of hydrogen-bond donors (Lipinski definition) is 1. The minimum absolute atomic E-state index is 0.332. The van der Waals surface area contributed by atoms with Gasteiger partial charge in [0.2, 0.25) is 0 Å². The van der Waals surface area contributed by atoms with Crippen molar-refractivity contribution in [3.8, 4) is 11.5 Å². The molecule has 0 saturated heterocycles. The van der Waals surface area contributed by atoms with Gasteiger partial charge >= 0.3 is 5.97 Å². The van der Waals surface area contributed by atoms with E-state index in [1.807, 2.05) is 30.3 Å². The Morgan fingerprint density at radius 1 is 0.964 bits per heavy atom. The minimum atomic E-state index is -0.648. The summed E-state index contributed by atoms with van der Waals surface area (Å²) < 4.78 is 15.8. The first-order valence-electron chi connectivity index (χ1n) is 9.34. The second-order valence-electron chi connectivity index (χ2n) is 6.85. The van der Waals surface area contributed by atoms with E-state index in [-0.39, 0.29) is 12.6 Å². The number of carbonyl (C=O) groups is 2. The Morgan fingerprint density at radius 3 is 2.29 bits per heavy atom. The molecule has 0 radical (unpaired) electrons. The molecule has 2 aromatic rings. The number of amides is 1. The molecule has 3 rings (SSSR count). The van der Waals surface area contributed by atoms with Crippen molar-refractivity contribution in [3.05, 3.63) is 54.1 Å². The van der Waals surface area contributed by atoms with Gasteiger partial charge in [-0.15, -0.1) is 0 Å². The molecule has 0 aromatic heterocycles. The fraction of sp³-hybridized carbons (Fsp3) is 0.364. The van der Waals surface area contributed by atoms with Crippen LogP contribution in [-0.2, 0) is 19.7 Å². The van der Waals surface area contributed by atoms with Gasteiger partial charge in [0, 0.05) is 11.8 Å². The highest BCUT2D eigenvalue weighted by molar-refractivity contribution is 5.94. The third-order valence-corrected chi connectivity index (χ3v) is 5.18. The number of methoxy groups -OCH3 is 2. The van der Waals surface area contributed by atoms with Gasteiger partial charge in [0.05, 0.1) is 19.6 Å². The number of carbonyl (C=O) groups excluding carboxylic acids is 2. The van der Waals surface area contributed by atoms with E-state index in [0.717, 1.165) is 31.2 Å². The lowest BCUT2D eigenvalue weighted by molar-refractivity contribution is -0.153. The highest BCUT2D eigenvalue weighted by Crippen LogP contribution is 2.42. The first kappa shape index (κ1) is 19.7. The lowest BCUT2D eigenvalue weighted by Crippen LogP contribution is -2.36. The lowest BCUT2D eigenvalue weighted by Gasteiger charge is -2.27. The van der Waals surface area contributed by atoms with Crippen molar-refractivity contribution >= 4 is 17.6 Å². The number of hydrogen-bond acceptors (Lipinski definition) is 5. The molecule has 1 N–H and O–H groups in total. The molecule has 6 nitrogen and oxygen atoms in total. The van der Waals surface area contributed by atoms with Crippen LogP contribution >= 0.6 is 0 Å². The van der Waals surface area contributed by atoms with Crippen LogP contribution in [0.25, 0.3) is 0 Å². The smallest absolute Gasteiger partial charge is 0.317 e. The van der Waals surface area contributed by atoms with Crippen LogP contribution in [0, 0.1) is 0 Å². The Kier molecular flexibility index (Phi) is 6.19. The lowest BCUT2D eigenvalue weighted by atomic mass is 9.79. The highest BCUT2D eigenvalue weighted by Gasteiger charge is 2.44. The van der Waals surface area contributed by atoms with Gasteiger partial charge in [0.25, 0.3) is 5.91 Å². The van der Waals surface area contributed by atoms with Crippen molar-refractivity contribution in [2.75, 3.05) is 26.1 Å². The molecule has 148 valence electrons. The zero-order chi connectivity index (χ0) is 20.0. The van der Waals surface area contributed by atoms with Gasteiger partial charge in [0.1, 0.15) is 0 Å². The Hall–Kier alpha value is -3.02. The van der Waals surface area contributed by atoms with Gasteiger partial charge in [-0.2, -0.15) is 0 Å². The summed E-state index contributed by atoms with van der Waals surface area (Å²) >= 11 is 0. The normalized spacial score (nSPS) is 14.9. The van der Waals surface area contributed by atoms with Gasteiger partial charge < -0.3 is 19.5 Å². The maximum absolute atomic E-state index is 12.9. The summed E-state index contributed by atoms with van der Waals surface area (Å²) in [6, 6.07) is 14.7. The molecule has 0 heterocycles. The molecule has 28 heavy (non-hydrogen) atoms. The van der Waals surface area contributed by atoms with Crippen LogP contribution in [0.3, 0.4) is 0 Å². The van der Waals surface area contributed by atoms with Crippen molar-refractivity contribution < 1.29 is 23.8 Å². The van der Waals surface area contributed by atoms with E-state index < -0.39 is 11.3 Å².